The fourth-order valence-corrected chi connectivity index (χ4v) is 2.46. The third-order valence-electron chi connectivity index (χ3n) is 3.52. The van der Waals surface area contributed by atoms with Gasteiger partial charge in [0, 0.05) is 5.56 Å². The fourth-order valence-electron chi connectivity index (χ4n) is 2.46. The van der Waals surface area contributed by atoms with Gasteiger partial charge in [-0.15, -0.1) is 0 Å². The maximum atomic E-state index is 9.26. The average Bonchev–Trinajstić information content (AvgIpc) is 2.57. The van der Waals surface area contributed by atoms with Gasteiger partial charge in [0.15, 0.2) is 0 Å². The monoisotopic (exact) mass is 270 g/mol. The average molecular weight is 270 g/mol. The van der Waals surface area contributed by atoms with Gasteiger partial charge in [0.2, 0.25) is 0 Å². The number of pyridine rings is 1. The van der Waals surface area contributed by atoms with Gasteiger partial charge in [-0.1, -0.05) is 60.7 Å². The molecule has 0 spiro atoms. The van der Waals surface area contributed by atoms with Crippen molar-refractivity contribution in [2.45, 2.75) is 6.92 Å². The van der Waals surface area contributed by atoms with E-state index in [9.17, 15) is 5.26 Å². The smallest absolute Gasteiger partial charge is 0.141 e. The molecule has 0 saturated carbocycles. The predicted octanol–water partition coefficient (Wildman–Crippen LogP) is 4.60. The molecule has 2 aromatic carbocycles. The molecule has 0 bridgehead atoms. The van der Waals surface area contributed by atoms with Crippen molar-refractivity contribution >= 4 is 0 Å². The van der Waals surface area contributed by atoms with E-state index in [2.05, 4.69) is 30.1 Å². The quantitative estimate of drug-likeness (QED) is 0.682. The first-order valence-corrected chi connectivity index (χ1v) is 6.82. The molecule has 1 heterocycles. The van der Waals surface area contributed by atoms with Crippen LogP contribution in [-0.4, -0.2) is 4.98 Å². The Bertz CT molecular complexity index is 739. The number of aromatic nitrogens is 1. The van der Waals surface area contributed by atoms with Crippen LogP contribution in [0.3, 0.4) is 0 Å². The normalized spacial score (nSPS) is 10.1. The molecule has 0 radical (unpaired) electrons. The summed E-state index contributed by atoms with van der Waals surface area (Å²) >= 11 is 0. The van der Waals surface area contributed by atoms with Gasteiger partial charge in [-0.25, -0.2) is 4.98 Å². The van der Waals surface area contributed by atoms with Crippen molar-refractivity contribution in [2.24, 2.45) is 0 Å². The zero-order chi connectivity index (χ0) is 14.7. The molecule has 21 heavy (non-hydrogen) atoms. The van der Waals surface area contributed by atoms with Crippen LogP contribution in [0.2, 0.25) is 0 Å². The molecule has 2 nitrogen and oxygen atoms in total. The molecular weight excluding hydrogens is 256 g/mol. The Morgan fingerprint density at radius 2 is 1.43 bits per heavy atom. The Morgan fingerprint density at radius 3 is 2.00 bits per heavy atom. The molecule has 3 aromatic rings. The van der Waals surface area contributed by atoms with Crippen molar-refractivity contribution in [1.29, 1.82) is 5.26 Å². The number of nitriles is 1. The van der Waals surface area contributed by atoms with Gasteiger partial charge in [0.25, 0.3) is 0 Å². The van der Waals surface area contributed by atoms with Gasteiger partial charge in [-0.3, -0.25) is 0 Å². The Labute approximate surface area is 124 Å². The van der Waals surface area contributed by atoms with Crippen LogP contribution in [0.25, 0.3) is 22.4 Å². The zero-order valence-electron chi connectivity index (χ0n) is 11.7. The van der Waals surface area contributed by atoms with Crippen LogP contribution in [-0.2, 0) is 0 Å². The van der Waals surface area contributed by atoms with Crippen molar-refractivity contribution in [1.82, 2.24) is 4.98 Å². The van der Waals surface area contributed by atoms with Crippen LogP contribution in [0.4, 0.5) is 0 Å². The summed E-state index contributed by atoms with van der Waals surface area (Å²) in [5, 5.41) is 9.26. The highest BCUT2D eigenvalue weighted by Gasteiger charge is 2.12. The molecule has 0 aliphatic heterocycles. The lowest BCUT2D eigenvalue weighted by molar-refractivity contribution is 1.23. The second kappa shape index (κ2) is 5.60. The first-order valence-electron chi connectivity index (χ1n) is 6.82. The van der Waals surface area contributed by atoms with Crippen molar-refractivity contribution in [3.05, 3.63) is 78.0 Å². The van der Waals surface area contributed by atoms with Crippen LogP contribution in [0, 0.1) is 18.3 Å². The molecule has 2 heteroatoms. The number of rotatable bonds is 2. The van der Waals surface area contributed by atoms with Crippen LogP contribution in [0.1, 0.15) is 11.3 Å². The number of nitrogens with zero attached hydrogens (tertiary/aromatic N) is 2. The second-order valence-corrected chi connectivity index (χ2v) is 4.87. The van der Waals surface area contributed by atoms with Crippen molar-refractivity contribution in [3.63, 3.8) is 0 Å². The molecule has 1 aromatic heterocycles. The molecule has 0 aliphatic rings. The molecule has 0 N–H and O–H groups in total. The number of hydrogen-bond donors (Lipinski definition) is 0. The Balaban J connectivity index is 2.26. The van der Waals surface area contributed by atoms with E-state index in [-0.39, 0.29) is 0 Å². The molecule has 0 atom stereocenters. The SMILES string of the molecule is Cc1c(-c2ccccc2)cc(C#N)nc1-c1ccccc1. The van der Waals surface area contributed by atoms with Gasteiger partial charge in [-0.05, 0) is 29.7 Å². The first-order chi connectivity index (χ1) is 10.3. The van der Waals surface area contributed by atoms with E-state index < -0.39 is 0 Å². The summed E-state index contributed by atoms with van der Waals surface area (Å²) in [5.41, 5.74) is 5.59. The number of hydrogen-bond acceptors (Lipinski definition) is 2. The largest absolute Gasteiger partial charge is 0.237 e. The maximum absolute atomic E-state index is 9.26. The van der Waals surface area contributed by atoms with E-state index in [1.54, 1.807) is 0 Å². The molecular formula is C19H14N2. The van der Waals surface area contributed by atoms with E-state index >= 15 is 0 Å². The first kappa shape index (κ1) is 13.1. The van der Waals surface area contributed by atoms with Crippen molar-refractivity contribution < 1.29 is 0 Å². The molecule has 0 unspecified atom stereocenters. The van der Waals surface area contributed by atoms with Gasteiger partial charge in [0.1, 0.15) is 11.8 Å². The van der Waals surface area contributed by atoms with Gasteiger partial charge >= 0.3 is 0 Å². The van der Waals surface area contributed by atoms with Gasteiger partial charge in [0.05, 0.1) is 5.69 Å². The lowest BCUT2D eigenvalue weighted by Crippen LogP contribution is -1.95. The van der Waals surface area contributed by atoms with Crippen LogP contribution in [0.5, 0.6) is 0 Å². The molecule has 0 saturated heterocycles. The highest BCUT2D eigenvalue weighted by molar-refractivity contribution is 5.76. The highest BCUT2D eigenvalue weighted by atomic mass is 14.7. The highest BCUT2D eigenvalue weighted by Crippen LogP contribution is 2.30. The minimum Gasteiger partial charge on any atom is -0.237 e. The summed E-state index contributed by atoms with van der Waals surface area (Å²) in [7, 11) is 0. The molecule has 100 valence electrons. The minimum absolute atomic E-state index is 0.443. The summed E-state index contributed by atoms with van der Waals surface area (Å²) in [6.07, 6.45) is 0. The van der Waals surface area contributed by atoms with E-state index in [4.69, 9.17) is 0 Å². The summed E-state index contributed by atoms with van der Waals surface area (Å²) in [6, 6.07) is 24.1. The minimum atomic E-state index is 0.443. The van der Waals surface area contributed by atoms with Crippen molar-refractivity contribution in [2.75, 3.05) is 0 Å². The molecule has 0 fully saturated rings. The third kappa shape index (κ3) is 2.54. The maximum Gasteiger partial charge on any atom is 0.141 e. The summed E-state index contributed by atoms with van der Waals surface area (Å²) < 4.78 is 0. The van der Waals surface area contributed by atoms with Crippen LogP contribution < -0.4 is 0 Å². The van der Waals surface area contributed by atoms with Crippen LogP contribution >= 0.6 is 0 Å². The molecule has 3 rings (SSSR count). The Kier molecular flexibility index (Phi) is 3.49. The second-order valence-electron chi connectivity index (χ2n) is 4.87. The Morgan fingerprint density at radius 1 is 0.857 bits per heavy atom. The summed E-state index contributed by atoms with van der Waals surface area (Å²) in [4.78, 5) is 4.49. The fraction of sp³-hybridized carbons (Fsp3) is 0.0526. The van der Waals surface area contributed by atoms with E-state index in [1.807, 2.05) is 54.6 Å². The van der Waals surface area contributed by atoms with Crippen molar-refractivity contribution in [3.8, 4) is 28.5 Å². The predicted molar refractivity (Wildman–Crippen MR) is 84.6 cm³/mol. The Hall–Kier alpha value is -2.92. The van der Waals surface area contributed by atoms with Crippen LogP contribution in [0.15, 0.2) is 66.7 Å². The number of benzene rings is 2. The standard InChI is InChI=1S/C19H14N2/c1-14-18(15-8-4-2-5-9-15)12-17(13-20)21-19(14)16-10-6-3-7-11-16/h2-12H,1H3. The van der Waals surface area contributed by atoms with Gasteiger partial charge in [-0.2, -0.15) is 5.26 Å². The summed E-state index contributed by atoms with van der Waals surface area (Å²) in [6.45, 7) is 2.05. The third-order valence-corrected chi connectivity index (χ3v) is 3.52. The molecule has 0 aliphatic carbocycles. The van der Waals surface area contributed by atoms with Gasteiger partial charge < -0.3 is 0 Å². The topological polar surface area (TPSA) is 36.7 Å². The summed E-state index contributed by atoms with van der Waals surface area (Å²) in [5.74, 6) is 0. The van der Waals surface area contributed by atoms with E-state index in [0.29, 0.717) is 5.69 Å². The molecule has 0 amide bonds. The van der Waals surface area contributed by atoms with E-state index in [0.717, 1.165) is 27.9 Å². The lowest BCUT2D eigenvalue weighted by atomic mass is 9.96. The lowest BCUT2D eigenvalue weighted by Gasteiger charge is -2.12. The van der Waals surface area contributed by atoms with E-state index in [1.165, 1.54) is 0 Å². The zero-order valence-corrected chi connectivity index (χ0v) is 11.7.